The van der Waals surface area contributed by atoms with E-state index in [1.54, 1.807) is 4.40 Å². The van der Waals surface area contributed by atoms with Gasteiger partial charge >= 0.3 is 0 Å². The van der Waals surface area contributed by atoms with Gasteiger partial charge in [0.2, 0.25) is 0 Å². The molecule has 0 atom stereocenters. The molecule has 0 aliphatic rings. The molecule has 0 amide bonds. The fraction of sp³-hybridized carbons (Fsp3) is 0.640. The maximum absolute atomic E-state index is 6.06. The van der Waals surface area contributed by atoms with Crippen molar-refractivity contribution in [3.63, 3.8) is 0 Å². The van der Waals surface area contributed by atoms with Crippen molar-refractivity contribution in [2.75, 3.05) is 26.2 Å². The van der Waals surface area contributed by atoms with Gasteiger partial charge in [-0.1, -0.05) is 88.2 Å². The van der Waals surface area contributed by atoms with Crippen molar-refractivity contribution in [2.24, 2.45) is 0 Å². The summed E-state index contributed by atoms with van der Waals surface area (Å²) in [5, 5.41) is 1.98. The largest absolute Gasteiger partial charge is 0.379 e. The predicted molar refractivity (Wildman–Crippen MR) is 151 cm³/mol. The van der Waals surface area contributed by atoms with Crippen LogP contribution >= 0.6 is 69.6 Å². The molecule has 8 heteroatoms. The molecule has 3 heterocycles. The first-order valence-electron chi connectivity index (χ1n) is 12.1. The zero-order valence-corrected chi connectivity index (χ0v) is 24.7. The van der Waals surface area contributed by atoms with Crippen LogP contribution in [0.1, 0.15) is 79.1 Å². The molecule has 3 aromatic rings. The first kappa shape index (κ1) is 29.6. The molecule has 0 aromatic carbocycles. The van der Waals surface area contributed by atoms with Crippen molar-refractivity contribution in [3.05, 3.63) is 30.1 Å². The van der Waals surface area contributed by atoms with Gasteiger partial charge in [0.25, 0.3) is 0 Å². The number of unbranched alkanes of at least 4 members (excludes halogenated alkanes) is 4. The van der Waals surface area contributed by atoms with Gasteiger partial charge in [-0.3, -0.25) is 0 Å². The lowest BCUT2D eigenvalue weighted by atomic mass is 10.1. The molecular formula is C25H36Cl6N2. The second kappa shape index (κ2) is 13.6. The molecular weight excluding hydrogens is 541 g/mol. The van der Waals surface area contributed by atoms with Crippen molar-refractivity contribution < 1.29 is 4.48 Å². The number of hydrogen-bond donors (Lipinski definition) is 0. The molecule has 188 valence electrons. The summed E-state index contributed by atoms with van der Waals surface area (Å²) in [4.78, 5) is 0. The molecule has 0 saturated carbocycles. The zero-order valence-electron chi connectivity index (χ0n) is 20.1. The highest BCUT2D eigenvalue weighted by atomic mass is 35.5. The van der Waals surface area contributed by atoms with E-state index in [9.17, 15) is 0 Å². The molecule has 33 heavy (non-hydrogen) atoms. The summed E-state index contributed by atoms with van der Waals surface area (Å²) in [5.41, 5.74) is 1.62. The Labute approximate surface area is 229 Å². The Kier molecular flexibility index (Phi) is 12.2. The molecule has 0 radical (unpaired) electrons. The van der Waals surface area contributed by atoms with E-state index in [0.717, 1.165) is 0 Å². The summed E-state index contributed by atoms with van der Waals surface area (Å²) in [6.07, 6.45) is 11.1. The van der Waals surface area contributed by atoms with Gasteiger partial charge in [-0.05, 0) is 51.8 Å². The number of halogens is 6. The van der Waals surface area contributed by atoms with Crippen LogP contribution in [0.5, 0.6) is 0 Å². The van der Waals surface area contributed by atoms with Gasteiger partial charge in [0.05, 0.1) is 36.7 Å². The Morgan fingerprint density at radius 3 is 1.36 bits per heavy atom. The highest BCUT2D eigenvalue weighted by Gasteiger charge is 2.25. The summed E-state index contributed by atoms with van der Waals surface area (Å²) in [5.74, 6) is 0. The van der Waals surface area contributed by atoms with Crippen LogP contribution < -0.4 is 0 Å². The molecule has 2 nitrogen and oxygen atoms in total. The van der Waals surface area contributed by atoms with Crippen molar-refractivity contribution in [3.8, 4) is 0 Å². The third-order valence-electron chi connectivity index (χ3n) is 6.44. The fourth-order valence-electron chi connectivity index (χ4n) is 4.48. The van der Waals surface area contributed by atoms with E-state index in [1.165, 1.54) is 82.0 Å². The van der Waals surface area contributed by atoms with Gasteiger partial charge in [0.1, 0.15) is 0 Å². The van der Waals surface area contributed by atoms with Crippen LogP contribution in [0.4, 0.5) is 0 Å². The van der Waals surface area contributed by atoms with Gasteiger partial charge in [-0.2, -0.15) is 23.2 Å². The summed E-state index contributed by atoms with van der Waals surface area (Å²) in [7, 11) is 0. The standard InChI is InChI=1S/C16H36N.C9Cl6N/c1-5-9-13-17(14-10-6-2,15-11-7-3)16-12-8-4;10-1-2(11)8-5(14)6(15)9-4(13)3(12)7(1)16(8)9/h5-16H2,1-4H3;/q+1;-1. The lowest BCUT2D eigenvalue weighted by Gasteiger charge is -2.39. The summed E-state index contributed by atoms with van der Waals surface area (Å²) >= 11 is 36.4. The maximum atomic E-state index is 6.06. The average molecular weight is 577 g/mol. The van der Waals surface area contributed by atoms with Crippen molar-refractivity contribution >= 4 is 86.2 Å². The number of rotatable bonds is 12. The quantitative estimate of drug-likeness (QED) is 0.149. The first-order chi connectivity index (χ1) is 15.7. The maximum Gasteiger partial charge on any atom is 0.0786 e. The predicted octanol–water partition coefficient (Wildman–Crippen LogP) is 11.2. The minimum atomic E-state index is 0.331. The fourth-order valence-corrected chi connectivity index (χ4v) is 6.24. The van der Waals surface area contributed by atoms with Crippen LogP contribution in [-0.2, 0) is 0 Å². The topological polar surface area (TPSA) is 4.41 Å². The Morgan fingerprint density at radius 2 is 0.970 bits per heavy atom. The third-order valence-corrected chi connectivity index (χ3v) is 8.94. The third kappa shape index (κ3) is 6.37. The van der Waals surface area contributed by atoms with E-state index in [4.69, 9.17) is 69.6 Å². The Morgan fingerprint density at radius 1 is 0.606 bits per heavy atom. The van der Waals surface area contributed by atoms with E-state index < -0.39 is 0 Å². The zero-order chi connectivity index (χ0) is 24.8. The first-order valence-corrected chi connectivity index (χ1v) is 14.4. The molecule has 0 bridgehead atoms. The van der Waals surface area contributed by atoms with Crippen LogP contribution in [0.3, 0.4) is 0 Å². The Hall–Kier alpha value is 0.330. The summed E-state index contributed by atoms with van der Waals surface area (Å²) in [6, 6.07) is 0. The molecule has 0 aliphatic carbocycles. The van der Waals surface area contributed by atoms with E-state index in [1.807, 2.05) is 0 Å². The second-order valence-electron chi connectivity index (χ2n) is 8.92. The van der Waals surface area contributed by atoms with E-state index in [2.05, 4.69) is 27.7 Å². The Bertz CT molecular complexity index is 822. The van der Waals surface area contributed by atoms with Crippen molar-refractivity contribution in [1.82, 2.24) is 4.40 Å². The van der Waals surface area contributed by atoms with Crippen LogP contribution in [-0.4, -0.2) is 35.1 Å². The molecule has 0 fully saturated rings. The lowest BCUT2D eigenvalue weighted by molar-refractivity contribution is -0.929. The van der Waals surface area contributed by atoms with Crippen LogP contribution in [0.2, 0.25) is 30.1 Å². The molecule has 0 spiro atoms. The molecule has 0 saturated heterocycles. The Balaban J connectivity index is 0.000000233. The van der Waals surface area contributed by atoms with Gasteiger partial charge in [0, 0.05) is 10.0 Å². The highest BCUT2D eigenvalue weighted by Crippen LogP contribution is 2.51. The normalized spacial score (nSPS) is 12.2. The van der Waals surface area contributed by atoms with Crippen molar-refractivity contribution in [1.29, 1.82) is 0 Å². The number of hydrogen-bond acceptors (Lipinski definition) is 0. The van der Waals surface area contributed by atoms with E-state index in [-0.39, 0.29) is 0 Å². The van der Waals surface area contributed by atoms with Crippen molar-refractivity contribution in [2.45, 2.75) is 79.1 Å². The second-order valence-corrected chi connectivity index (χ2v) is 11.2. The lowest BCUT2D eigenvalue weighted by Crippen LogP contribution is -2.50. The minimum absolute atomic E-state index is 0.331. The monoisotopic (exact) mass is 574 g/mol. The van der Waals surface area contributed by atoms with Crippen LogP contribution in [0.15, 0.2) is 0 Å². The molecule has 0 N–H and O–H groups in total. The van der Waals surface area contributed by atoms with Gasteiger partial charge < -0.3 is 8.88 Å². The van der Waals surface area contributed by atoms with Gasteiger partial charge in [-0.15, -0.1) is 11.6 Å². The van der Waals surface area contributed by atoms with Gasteiger partial charge in [-0.25, -0.2) is 0 Å². The summed E-state index contributed by atoms with van der Waals surface area (Å²) in [6.45, 7) is 15.0. The average Bonchev–Trinajstić information content (AvgIpc) is 3.33. The smallest absolute Gasteiger partial charge is 0.0786 e. The minimum Gasteiger partial charge on any atom is -0.379 e. The van der Waals surface area contributed by atoms with Crippen LogP contribution in [0.25, 0.3) is 16.6 Å². The van der Waals surface area contributed by atoms with Gasteiger partial charge in [0.15, 0.2) is 0 Å². The van der Waals surface area contributed by atoms with E-state index in [0.29, 0.717) is 46.7 Å². The number of aromatic nitrogens is 1. The molecule has 0 aliphatic heterocycles. The molecule has 0 unspecified atom stereocenters. The van der Waals surface area contributed by atoms with Crippen LogP contribution in [0, 0.1) is 0 Å². The number of nitrogens with zero attached hydrogens (tertiary/aromatic N) is 2. The summed E-state index contributed by atoms with van der Waals surface area (Å²) < 4.78 is 3.10. The SMILES string of the molecule is CCCC[N+](CCCC)(CCCC)CCCC.Clc1c(Cl)c2c(Cl)[c-](Cl)c3c(Cl)c(Cl)c1n23. The highest BCUT2D eigenvalue weighted by molar-refractivity contribution is 6.57. The van der Waals surface area contributed by atoms with E-state index >= 15 is 0 Å². The molecule has 3 aromatic heterocycles. The molecule has 3 rings (SSSR count). The number of quaternary nitrogens is 1.